The molecule has 0 spiro atoms. The van der Waals surface area contributed by atoms with E-state index in [1.165, 1.54) is 0 Å². The standard InChI is InChI=1S/C8H18ClN/c1-5-10(6-2)8(3,4)7-9/h5-7H2,1-4H3. The molecule has 10 heavy (non-hydrogen) atoms. The molecule has 0 radical (unpaired) electrons. The number of halogens is 1. The Morgan fingerprint density at radius 1 is 1.20 bits per heavy atom. The summed E-state index contributed by atoms with van der Waals surface area (Å²) in [4.78, 5) is 2.36. The molecule has 0 saturated carbocycles. The van der Waals surface area contributed by atoms with Gasteiger partial charge in [0.1, 0.15) is 0 Å². The highest BCUT2D eigenvalue weighted by atomic mass is 35.5. The molecule has 62 valence electrons. The van der Waals surface area contributed by atoms with Crippen molar-refractivity contribution >= 4 is 11.6 Å². The van der Waals surface area contributed by atoms with E-state index in [1.807, 2.05) is 0 Å². The highest BCUT2D eigenvalue weighted by molar-refractivity contribution is 6.18. The van der Waals surface area contributed by atoms with E-state index in [-0.39, 0.29) is 5.54 Å². The summed E-state index contributed by atoms with van der Waals surface area (Å²) < 4.78 is 0. The van der Waals surface area contributed by atoms with Gasteiger partial charge < -0.3 is 0 Å². The van der Waals surface area contributed by atoms with Crippen LogP contribution in [0, 0.1) is 0 Å². The molecular weight excluding hydrogens is 146 g/mol. The number of alkyl halides is 1. The molecule has 0 bridgehead atoms. The van der Waals surface area contributed by atoms with Gasteiger partial charge in [0.05, 0.1) is 0 Å². The molecule has 0 unspecified atom stereocenters. The van der Waals surface area contributed by atoms with Crippen molar-refractivity contribution < 1.29 is 0 Å². The van der Waals surface area contributed by atoms with Gasteiger partial charge >= 0.3 is 0 Å². The first-order valence-corrected chi connectivity index (χ1v) is 4.43. The number of nitrogens with zero attached hydrogens (tertiary/aromatic N) is 1. The van der Waals surface area contributed by atoms with E-state index in [9.17, 15) is 0 Å². The Morgan fingerprint density at radius 2 is 1.60 bits per heavy atom. The molecule has 0 aliphatic rings. The highest BCUT2D eigenvalue weighted by Crippen LogP contribution is 2.14. The van der Waals surface area contributed by atoms with Crippen molar-refractivity contribution in [3.63, 3.8) is 0 Å². The Bertz CT molecular complexity index is 87.3. The molecule has 0 heterocycles. The van der Waals surface area contributed by atoms with Crippen molar-refractivity contribution in [2.75, 3.05) is 19.0 Å². The average Bonchev–Trinajstić information content (AvgIpc) is 1.90. The highest BCUT2D eigenvalue weighted by Gasteiger charge is 2.22. The van der Waals surface area contributed by atoms with Crippen LogP contribution in [0.5, 0.6) is 0 Å². The fourth-order valence-electron chi connectivity index (χ4n) is 1.16. The summed E-state index contributed by atoms with van der Waals surface area (Å²) in [6, 6.07) is 0. The first-order chi connectivity index (χ1) is 4.58. The lowest BCUT2D eigenvalue weighted by atomic mass is 10.1. The summed E-state index contributed by atoms with van der Waals surface area (Å²) in [5.74, 6) is 0.703. The van der Waals surface area contributed by atoms with Gasteiger partial charge in [-0.25, -0.2) is 0 Å². The maximum Gasteiger partial charge on any atom is 0.0402 e. The van der Waals surface area contributed by atoms with Gasteiger partial charge in [-0.05, 0) is 26.9 Å². The van der Waals surface area contributed by atoms with Crippen molar-refractivity contribution in [2.45, 2.75) is 33.2 Å². The summed E-state index contributed by atoms with van der Waals surface area (Å²) in [5, 5.41) is 0. The quantitative estimate of drug-likeness (QED) is 0.576. The fraction of sp³-hybridized carbons (Fsp3) is 1.00. The molecule has 0 saturated heterocycles. The lowest BCUT2D eigenvalue weighted by Gasteiger charge is -2.35. The minimum Gasteiger partial charge on any atom is -0.298 e. The van der Waals surface area contributed by atoms with Gasteiger partial charge in [-0.2, -0.15) is 0 Å². The van der Waals surface area contributed by atoms with Gasteiger partial charge in [0.15, 0.2) is 0 Å². The average molecular weight is 164 g/mol. The van der Waals surface area contributed by atoms with Gasteiger partial charge in [0, 0.05) is 11.4 Å². The summed E-state index contributed by atoms with van der Waals surface area (Å²) in [6.07, 6.45) is 0. The molecule has 0 aliphatic carbocycles. The van der Waals surface area contributed by atoms with Gasteiger partial charge in [-0.1, -0.05) is 13.8 Å². The third-order valence-electron chi connectivity index (χ3n) is 1.95. The second kappa shape index (κ2) is 4.20. The Balaban J connectivity index is 3.97. The normalized spacial score (nSPS) is 12.6. The minimum absolute atomic E-state index is 0.158. The maximum absolute atomic E-state index is 5.80. The van der Waals surface area contributed by atoms with E-state index in [0.29, 0.717) is 5.88 Å². The molecule has 0 aliphatic heterocycles. The van der Waals surface area contributed by atoms with E-state index in [0.717, 1.165) is 13.1 Å². The van der Waals surface area contributed by atoms with Crippen LogP contribution in [0.4, 0.5) is 0 Å². The predicted molar refractivity (Wildman–Crippen MR) is 47.7 cm³/mol. The Hall–Kier alpha value is 0.250. The summed E-state index contributed by atoms with van der Waals surface area (Å²) >= 11 is 5.80. The van der Waals surface area contributed by atoms with Gasteiger partial charge in [-0.3, -0.25) is 4.90 Å². The molecule has 0 rings (SSSR count). The van der Waals surface area contributed by atoms with E-state index in [1.54, 1.807) is 0 Å². The van der Waals surface area contributed by atoms with Gasteiger partial charge in [0.2, 0.25) is 0 Å². The zero-order valence-electron chi connectivity index (χ0n) is 7.45. The van der Waals surface area contributed by atoms with Crippen LogP contribution in [0.15, 0.2) is 0 Å². The Kier molecular flexibility index (Phi) is 4.30. The molecule has 0 N–H and O–H groups in total. The summed E-state index contributed by atoms with van der Waals surface area (Å²) in [7, 11) is 0. The third-order valence-corrected chi connectivity index (χ3v) is 2.60. The number of rotatable bonds is 4. The van der Waals surface area contributed by atoms with Crippen LogP contribution < -0.4 is 0 Å². The van der Waals surface area contributed by atoms with Crippen LogP contribution in [0.1, 0.15) is 27.7 Å². The van der Waals surface area contributed by atoms with E-state index < -0.39 is 0 Å². The number of hydrogen-bond acceptors (Lipinski definition) is 1. The zero-order chi connectivity index (χ0) is 8.20. The van der Waals surface area contributed by atoms with E-state index >= 15 is 0 Å². The van der Waals surface area contributed by atoms with Crippen LogP contribution in [-0.2, 0) is 0 Å². The smallest absolute Gasteiger partial charge is 0.0402 e. The largest absolute Gasteiger partial charge is 0.298 e. The minimum atomic E-state index is 0.158. The van der Waals surface area contributed by atoms with Crippen molar-refractivity contribution in [3.05, 3.63) is 0 Å². The summed E-state index contributed by atoms with van der Waals surface area (Å²) in [6.45, 7) is 10.8. The van der Waals surface area contributed by atoms with Gasteiger partial charge in [-0.15, -0.1) is 11.6 Å². The van der Waals surface area contributed by atoms with E-state index in [4.69, 9.17) is 11.6 Å². The fourth-order valence-corrected chi connectivity index (χ4v) is 1.33. The van der Waals surface area contributed by atoms with Crippen LogP contribution in [0.2, 0.25) is 0 Å². The molecule has 0 amide bonds. The molecule has 0 aromatic rings. The lowest BCUT2D eigenvalue weighted by molar-refractivity contribution is 0.157. The number of hydrogen-bond donors (Lipinski definition) is 0. The molecule has 0 aromatic heterocycles. The van der Waals surface area contributed by atoms with Crippen molar-refractivity contribution in [1.82, 2.24) is 4.90 Å². The Labute approximate surface area is 69.4 Å². The van der Waals surface area contributed by atoms with Crippen molar-refractivity contribution in [3.8, 4) is 0 Å². The monoisotopic (exact) mass is 163 g/mol. The predicted octanol–water partition coefficient (Wildman–Crippen LogP) is 2.35. The molecule has 0 aromatic carbocycles. The van der Waals surface area contributed by atoms with Crippen LogP contribution >= 0.6 is 11.6 Å². The first kappa shape index (κ1) is 10.2. The molecular formula is C8H18ClN. The topological polar surface area (TPSA) is 3.24 Å². The Morgan fingerprint density at radius 3 is 1.70 bits per heavy atom. The maximum atomic E-state index is 5.80. The van der Waals surface area contributed by atoms with Crippen LogP contribution in [0.3, 0.4) is 0 Å². The van der Waals surface area contributed by atoms with Crippen LogP contribution in [-0.4, -0.2) is 29.4 Å². The van der Waals surface area contributed by atoms with Gasteiger partial charge in [0.25, 0.3) is 0 Å². The zero-order valence-corrected chi connectivity index (χ0v) is 8.20. The van der Waals surface area contributed by atoms with Crippen molar-refractivity contribution in [2.24, 2.45) is 0 Å². The van der Waals surface area contributed by atoms with E-state index in [2.05, 4.69) is 32.6 Å². The summed E-state index contributed by atoms with van der Waals surface area (Å²) in [5.41, 5.74) is 0.158. The second-order valence-electron chi connectivity index (χ2n) is 3.12. The van der Waals surface area contributed by atoms with Crippen molar-refractivity contribution in [1.29, 1.82) is 0 Å². The SMILES string of the molecule is CCN(CC)C(C)(C)CCl. The second-order valence-corrected chi connectivity index (χ2v) is 3.39. The molecule has 2 heteroatoms. The molecule has 1 nitrogen and oxygen atoms in total. The van der Waals surface area contributed by atoms with Crippen LogP contribution in [0.25, 0.3) is 0 Å². The third kappa shape index (κ3) is 2.47. The molecule has 0 atom stereocenters. The lowest BCUT2D eigenvalue weighted by Crippen LogP contribution is -2.45. The molecule has 0 fully saturated rings. The first-order valence-electron chi connectivity index (χ1n) is 3.89.